The lowest BCUT2D eigenvalue weighted by molar-refractivity contribution is -0.137. The maximum Gasteiger partial charge on any atom is 0.416 e. The molecule has 0 amide bonds. The number of carboxylic acids is 1. The molecular formula is C21H20F3N3O4. The molecule has 0 saturated carbocycles. The SMILES string of the molecule is Cc1nnc(Cc2c(C(=O)O)c(=O)c(-c3cccc(C(F)(F)F)c3)c(C)n2C(C)C)o1. The van der Waals surface area contributed by atoms with Crippen LogP contribution in [0, 0.1) is 13.8 Å². The van der Waals surface area contributed by atoms with E-state index in [0.29, 0.717) is 5.69 Å². The quantitative estimate of drug-likeness (QED) is 0.638. The van der Waals surface area contributed by atoms with E-state index in [9.17, 15) is 27.9 Å². The number of hydrogen-bond donors (Lipinski definition) is 1. The number of benzene rings is 1. The van der Waals surface area contributed by atoms with Crippen LogP contribution in [0.4, 0.5) is 13.2 Å². The molecule has 0 atom stereocenters. The fraction of sp³-hybridized carbons (Fsp3) is 0.333. The summed E-state index contributed by atoms with van der Waals surface area (Å²) in [4.78, 5) is 25.3. The maximum absolute atomic E-state index is 13.2. The van der Waals surface area contributed by atoms with E-state index < -0.39 is 28.7 Å². The summed E-state index contributed by atoms with van der Waals surface area (Å²) in [5, 5.41) is 17.4. The topological polar surface area (TPSA) is 98.2 Å². The number of alkyl halides is 3. The molecule has 3 aromatic rings. The van der Waals surface area contributed by atoms with Gasteiger partial charge in [0.1, 0.15) is 5.56 Å². The van der Waals surface area contributed by atoms with E-state index in [0.717, 1.165) is 12.1 Å². The molecule has 7 nitrogen and oxygen atoms in total. The zero-order valence-electron chi connectivity index (χ0n) is 17.2. The van der Waals surface area contributed by atoms with Crippen LogP contribution in [-0.2, 0) is 12.6 Å². The van der Waals surface area contributed by atoms with Gasteiger partial charge in [0.25, 0.3) is 0 Å². The van der Waals surface area contributed by atoms with Crippen molar-refractivity contribution in [1.82, 2.24) is 14.8 Å². The monoisotopic (exact) mass is 435 g/mol. The zero-order chi connectivity index (χ0) is 23.1. The lowest BCUT2D eigenvalue weighted by Crippen LogP contribution is -2.28. The molecule has 10 heteroatoms. The Bertz CT molecular complexity index is 1210. The Labute approximate surface area is 175 Å². The van der Waals surface area contributed by atoms with Gasteiger partial charge < -0.3 is 14.1 Å². The van der Waals surface area contributed by atoms with E-state index in [4.69, 9.17) is 4.42 Å². The molecule has 0 bridgehead atoms. The molecule has 2 heterocycles. The normalized spacial score (nSPS) is 11.9. The van der Waals surface area contributed by atoms with Crippen molar-refractivity contribution in [2.45, 2.75) is 46.3 Å². The molecular weight excluding hydrogens is 415 g/mol. The van der Waals surface area contributed by atoms with E-state index in [-0.39, 0.29) is 41.1 Å². The first-order valence-corrected chi connectivity index (χ1v) is 9.39. The van der Waals surface area contributed by atoms with Crippen LogP contribution in [0.2, 0.25) is 0 Å². The predicted molar refractivity (Wildman–Crippen MR) is 105 cm³/mol. The number of hydrogen-bond acceptors (Lipinski definition) is 5. The highest BCUT2D eigenvalue weighted by Gasteiger charge is 2.32. The van der Waals surface area contributed by atoms with Crippen LogP contribution in [0.1, 0.15) is 59.0 Å². The number of aromatic carboxylic acids is 1. The summed E-state index contributed by atoms with van der Waals surface area (Å²) in [6.07, 6.45) is -4.72. The van der Waals surface area contributed by atoms with Gasteiger partial charge in [-0.3, -0.25) is 4.79 Å². The van der Waals surface area contributed by atoms with Gasteiger partial charge in [-0.05, 0) is 38.5 Å². The fourth-order valence-electron chi connectivity index (χ4n) is 3.70. The minimum absolute atomic E-state index is 0.00518. The largest absolute Gasteiger partial charge is 0.477 e. The Hall–Kier alpha value is -3.43. The molecule has 0 fully saturated rings. The number of rotatable bonds is 5. The van der Waals surface area contributed by atoms with E-state index in [1.54, 1.807) is 32.3 Å². The highest BCUT2D eigenvalue weighted by Crippen LogP contribution is 2.33. The van der Waals surface area contributed by atoms with Crippen LogP contribution in [0.5, 0.6) is 0 Å². The number of pyridine rings is 1. The van der Waals surface area contributed by atoms with Crippen LogP contribution < -0.4 is 5.43 Å². The zero-order valence-corrected chi connectivity index (χ0v) is 17.2. The van der Waals surface area contributed by atoms with Crippen molar-refractivity contribution in [3.05, 3.63) is 68.8 Å². The second kappa shape index (κ2) is 8.01. The number of halogens is 3. The molecule has 0 aliphatic carbocycles. The Morgan fingerprint density at radius 3 is 2.42 bits per heavy atom. The highest BCUT2D eigenvalue weighted by atomic mass is 19.4. The third-order valence-electron chi connectivity index (χ3n) is 4.85. The van der Waals surface area contributed by atoms with Crippen LogP contribution in [0.3, 0.4) is 0 Å². The lowest BCUT2D eigenvalue weighted by atomic mass is 9.96. The van der Waals surface area contributed by atoms with Crippen LogP contribution >= 0.6 is 0 Å². The molecule has 0 aliphatic heterocycles. The molecule has 164 valence electrons. The van der Waals surface area contributed by atoms with Crippen molar-refractivity contribution in [2.75, 3.05) is 0 Å². The van der Waals surface area contributed by atoms with Gasteiger partial charge in [0.05, 0.1) is 12.0 Å². The summed E-state index contributed by atoms with van der Waals surface area (Å²) < 4.78 is 46.6. The van der Waals surface area contributed by atoms with Crippen LogP contribution in [-0.4, -0.2) is 25.8 Å². The standard InChI is InChI=1S/C21H20F3N3O4/c1-10(2)27-11(3)17(13-6-5-7-14(8-13)21(22,23)24)19(28)18(20(29)30)15(27)9-16-26-25-12(4)31-16/h5-8,10H,9H2,1-4H3,(H,29,30). The first-order chi connectivity index (χ1) is 14.4. The smallest absolute Gasteiger partial charge is 0.416 e. The van der Waals surface area contributed by atoms with E-state index in [1.165, 1.54) is 12.1 Å². The van der Waals surface area contributed by atoms with E-state index >= 15 is 0 Å². The Kier molecular flexibility index (Phi) is 5.75. The molecule has 1 aromatic carbocycles. The van der Waals surface area contributed by atoms with Crippen LogP contribution in [0.15, 0.2) is 33.5 Å². The Morgan fingerprint density at radius 1 is 1.23 bits per heavy atom. The number of carboxylic acid groups (broad SMARTS) is 1. The van der Waals surface area contributed by atoms with Gasteiger partial charge in [0, 0.05) is 29.9 Å². The Morgan fingerprint density at radius 2 is 1.90 bits per heavy atom. The summed E-state index contributed by atoms with van der Waals surface area (Å²) in [5.74, 6) is -1.08. The van der Waals surface area contributed by atoms with Crippen molar-refractivity contribution in [2.24, 2.45) is 0 Å². The van der Waals surface area contributed by atoms with Gasteiger partial charge in [-0.1, -0.05) is 12.1 Å². The van der Waals surface area contributed by atoms with Gasteiger partial charge in [-0.15, -0.1) is 10.2 Å². The van der Waals surface area contributed by atoms with Crippen molar-refractivity contribution in [3.63, 3.8) is 0 Å². The summed E-state index contributed by atoms with van der Waals surface area (Å²) in [6, 6.07) is 3.98. The number of aromatic nitrogens is 3. The number of carbonyl (C=O) groups is 1. The van der Waals surface area contributed by atoms with Gasteiger partial charge >= 0.3 is 12.1 Å². The predicted octanol–water partition coefficient (Wildman–Crippen LogP) is 4.40. The minimum atomic E-state index is -4.60. The van der Waals surface area contributed by atoms with Gasteiger partial charge in [0.15, 0.2) is 0 Å². The molecule has 0 aliphatic rings. The van der Waals surface area contributed by atoms with Crippen molar-refractivity contribution < 1.29 is 27.5 Å². The fourth-order valence-corrected chi connectivity index (χ4v) is 3.70. The van der Waals surface area contributed by atoms with Crippen LogP contribution in [0.25, 0.3) is 11.1 Å². The minimum Gasteiger partial charge on any atom is -0.477 e. The molecule has 0 saturated heterocycles. The van der Waals surface area contributed by atoms with E-state index in [1.807, 2.05) is 0 Å². The number of nitrogens with zero attached hydrogens (tertiary/aromatic N) is 3. The average Bonchev–Trinajstić information content (AvgIpc) is 3.05. The second-order valence-corrected chi connectivity index (χ2v) is 7.35. The number of aryl methyl sites for hydroxylation is 1. The molecule has 2 aromatic heterocycles. The molecule has 3 rings (SSSR count). The van der Waals surface area contributed by atoms with Crippen molar-refractivity contribution in [3.8, 4) is 11.1 Å². The third kappa shape index (κ3) is 4.23. The summed E-state index contributed by atoms with van der Waals surface area (Å²) >= 11 is 0. The lowest BCUT2D eigenvalue weighted by Gasteiger charge is -2.24. The van der Waals surface area contributed by atoms with Gasteiger partial charge in [-0.2, -0.15) is 13.2 Å². The van der Waals surface area contributed by atoms with Crippen molar-refractivity contribution >= 4 is 5.97 Å². The van der Waals surface area contributed by atoms with E-state index in [2.05, 4.69) is 10.2 Å². The summed E-state index contributed by atoms with van der Waals surface area (Å²) in [7, 11) is 0. The highest BCUT2D eigenvalue weighted by molar-refractivity contribution is 5.91. The Balaban J connectivity index is 2.35. The molecule has 1 N–H and O–H groups in total. The first kappa shape index (κ1) is 22.3. The second-order valence-electron chi connectivity index (χ2n) is 7.35. The molecule has 0 radical (unpaired) electrons. The van der Waals surface area contributed by atoms with Crippen molar-refractivity contribution in [1.29, 1.82) is 0 Å². The average molecular weight is 435 g/mol. The summed E-state index contributed by atoms with van der Waals surface area (Å²) in [5.41, 5.74) is -1.95. The molecule has 0 unspecified atom stereocenters. The first-order valence-electron chi connectivity index (χ1n) is 9.39. The van der Waals surface area contributed by atoms with Gasteiger partial charge in [-0.25, -0.2) is 4.79 Å². The molecule has 31 heavy (non-hydrogen) atoms. The van der Waals surface area contributed by atoms with Gasteiger partial charge in [0.2, 0.25) is 17.2 Å². The maximum atomic E-state index is 13.2. The molecule has 0 spiro atoms. The summed E-state index contributed by atoms with van der Waals surface area (Å²) in [6.45, 7) is 6.71. The third-order valence-corrected chi connectivity index (χ3v) is 4.85.